The molecule has 0 radical (unpaired) electrons. The number of ether oxygens (including phenoxy) is 3. The van der Waals surface area contributed by atoms with Crippen molar-refractivity contribution in [2.75, 3.05) is 32.2 Å². The van der Waals surface area contributed by atoms with Crippen molar-refractivity contribution in [3.63, 3.8) is 0 Å². The molecule has 0 saturated carbocycles. The van der Waals surface area contributed by atoms with Gasteiger partial charge in [0.05, 0.1) is 26.5 Å². The molecule has 0 bridgehead atoms. The third-order valence-corrected chi connectivity index (χ3v) is 5.50. The fourth-order valence-corrected chi connectivity index (χ4v) is 3.78. The Morgan fingerprint density at radius 2 is 1.70 bits per heavy atom. The van der Waals surface area contributed by atoms with Crippen LogP contribution in [0.15, 0.2) is 72.8 Å². The molecule has 1 aliphatic rings. The van der Waals surface area contributed by atoms with Gasteiger partial charge in [-0.15, -0.1) is 0 Å². The van der Waals surface area contributed by atoms with Crippen LogP contribution < -0.4 is 24.4 Å². The van der Waals surface area contributed by atoms with Gasteiger partial charge >= 0.3 is 0 Å². The largest absolute Gasteiger partial charge is 0.493 e. The van der Waals surface area contributed by atoms with Crippen LogP contribution in [0.3, 0.4) is 0 Å². The van der Waals surface area contributed by atoms with E-state index in [4.69, 9.17) is 14.2 Å². The molecule has 0 aromatic heterocycles. The van der Waals surface area contributed by atoms with Crippen LogP contribution in [0.25, 0.3) is 0 Å². The third kappa shape index (κ3) is 4.92. The molecule has 3 aromatic rings. The second-order valence-electron chi connectivity index (χ2n) is 7.59. The maximum atomic E-state index is 13.4. The zero-order chi connectivity index (χ0) is 23.2. The number of carbonyl (C=O) groups is 2. The van der Waals surface area contributed by atoms with Crippen molar-refractivity contribution in [1.82, 2.24) is 5.32 Å². The van der Waals surface area contributed by atoms with Crippen molar-refractivity contribution < 1.29 is 23.8 Å². The predicted molar refractivity (Wildman–Crippen MR) is 125 cm³/mol. The number of fused-ring (bicyclic) bond motifs is 1. The van der Waals surface area contributed by atoms with Crippen LogP contribution in [-0.2, 0) is 11.2 Å². The Kier molecular flexibility index (Phi) is 6.78. The molecule has 1 unspecified atom stereocenters. The molecule has 33 heavy (non-hydrogen) atoms. The van der Waals surface area contributed by atoms with Crippen LogP contribution in [0.4, 0.5) is 5.69 Å². The lowest BCUT2D eigenvalue weighted by Gasteiger charge is -2.34. The van der Waals surface area contributed by atoms with Gasteiger partial charge < -0.3 is 24.4 Å². The summed E-state index contributed by atoms with van der Waals surface area (Å²) in [6, 6.07) is 22.1. The van der Waals surface area contributed by atoms with Crippen molar-refractivity contribution in [3.8, 4) is 17.2 Å². The molecule has 0 aliphatic carbocycles. The second-order valence-corrected chi connectivity index (χ2v) is 7.59. The summed E-state index contributed by atoms with van der Waals surface area (Å²) in [5, 5.41) is 2.93. The summed E-state index contributed by atoms with van der Waals surface area (Å²) in [5.41, 5.74) is 2.18. The summed E-state index contributed by atoms with van der Waals surface area (Å²) in [5.74, 6) is 0.965. The van der Waals surface area contributed by atoms with Crippen LogP contribution in [-0.4, -0.2) is 45.2 Å². The highest BCUT2D eigenvalue weighted by Crippen LogP contribution is 2.35. The molecule has 170 valence electrons. The van der Waals surface area contributed by atoms with E-state index in [0.717, 1.165) is 5.56 Å². The average Bonchev–Trinajstić information content (AvgIpc) is 2.87. The van der Waals surface area contributed by atoms with Gasteiger partial charge in [-0.1, -0.05) is 42.5 Å². The number of hydrogen-bond donors (Lipinski definition) is 1. The monoisotopic (exact) mass is 446 g/mol. The van der Waals surface area contributed by atoms with Crippen molar-refractivity contribution in [2.45, 2.75) is 12.5 Å². The summed E-state index contributed by atoms with van der Waals surface area (Å²) in [4.78, 5) is 27.9. The Morgan fingerprint density at radius 3 is 2.45 bits per heavy atom. The third-order valence-electron chi connectivity index (χ3n) is 5.50. The number of amides is 2. The van der Waals surface area contributed by atoms with E-state index in [0.29, 0.717) is 41.5 Å². The van der Waals surface area contributed by atoms with E-state index >= 15 is 0 Å². The van der Waals surface area contributed by atoms with Crippen LogP contribution in [0.2, 0.25) is 0 Å². The van der Waals surface area contributed by atoms with E-state index in [1.807, 2.05) is 42.5 Å². The summed E-state index contributed by atoms with van der Waals surface area (Å²) in [6.45, 7) is 0.579. The summed E-state index contributed by atoms with van der Waals surface area (Å²) in [6.07, 6.45) is -0.107. The van der Waals surface area contributed by atoms with Gasteiger partial charge in [0.1, 0.15) is 5.75 Å². The Labute approximate surface area is 192 Å². The molecule has 7 heteroatoms. The number of hydrogen-bond acceptors (Lipinski definition) is 5. The second kappa shape index (κ2) is 10.1. The molecule has 1 N–H and O–H groups in total. The molecule has 4 rings (SSSR count). The fourth-order valence-electron chi connectivity index (χ4n) is 3.78. The number of nitrogens with zero attached hydrogens (tertiary/aromatic N) is 1. The van der Waals surface area contributed by atoms with Crippen molar-refractivity contribution in [2.24, 2.45) is 0 Å². The van der Waals surface area contributed by atoms with Crippen molar-refractivity contribution in [1.29, 1.82) is 0 Å². The van der Waals surface area contributed by atoms with Crippen molar-refractivity contribution in [3.05, 3.63) is 83.9 Å². The summed E-state index contributed by atoms with van der Waals surface area (Å²) < 4.78 is 16.6. The number of anilines is 1. The molecule has 3 aromatic carbocycles. The van der Waals surface area contributed by atoms with Gasteiger partial charge in [-0.2, -0.15) is 0 Å². The van der Waals surface area contributed by atoms with Gasteiger partial charge in [0, 0.05) is 12.1 Å². The quantitative estimate of drug-likeness (QED) is 0.601. The first kappa shape index (κ1) is 22.2. The van der Waals surface area contributed by atoms with Crippen LogP contribution in [0.1, 0.15) is 15.9 Å². The molecule has 1 heterocycles. The molecular formula is C26H26N2O5. The number of benzene rings is 3. The van der Waals surface area contributed by atoms with Gasteiger partial charge in [0.2, 0.25) is 0 Å². The molecule has 0 saturated heterocycles. The highest BCUT2D eigenvalue weighted by atomic mass is 16.5. The van der Waals surface area contributed by atoms with E-state index < -0.39 is 6.10 Å². The highest BCUT2D eigenvalue weighted by molar-refractivity contribution is 6.08. The SMILES string of the molecule is COc1ccc(C(=O)N2CC(C(=O)NCCc3ccccc3)Oc3ccccc32)cc1OC. The first-order chi connectivity index (χ1) is 16.1. The molecular weight excluding hydrogens is 420 g/mol. The van der Waals surface area contributed by atoms with Gasteiger partial charge in [0.25, 0.3) is 11.8 Å². The van der Waals surface area contributed by atoms with Crippen molar-refractivity contribution >= 4 is 17.5 Å². The number of para-hydroxylation sites is 2. The smallest absolute Gasteiger partial charge is 0.262 e. The van der Waals surface area contributed by atoms with E-state index in [1.165, 1.54) is 7.11 Å². The van der Waals surface area contributed by atoms with E-state index in [9.17, 15) is 9.59 Å². The average molecular weight is 447 g/mol. The number of rotatable bonds is 7. The fraction of sp³-hybridized carbons (Fsp3) is 0.231. The van der Waals surface area contributed by atoms with Gasteiger partial charge in [-0.3, -0.25) is 9.59 Å². The Balaban J connectivity index is 1.51. The topological polar surface area (TPSA) is 77.1 Å². The number of carbonyl (C=O) groups excluding carboxylic acids is 2. The van der Waals surface area contributed by atoms with Gasteiger partial charge in [0.15, 0.2) is 17.6 Å². The summed E-state index contributed by atoms with van der Waals surface area (Å²) in [7, 11) is 3.06. The normalized spacial score (nSPS) is 14.6. The molecule has 0 fully saturated rings. The van der Waals surface area contributed by atoms with E-state index in [2.05, 4.69) is 5.32 Å². The predicted octanol–water partition coefficient (Wildman–Crippen LogP) is 3.47. The molecule has 0 spiro atoms. The lowest BCUT2D eigenvalue weighted by atomic mass is 10.1. The number of nitrogens with one attached hydrogen (secondary N) is 1. The lowest BCUT2D eigenvalue weighted by molar-refractivity contribution is -0.127. The van der Waals surface area contributed by atoms with Crippen LogP contribution in [0.5, 0.6) is 17.2 Å². The minimum Gasteiger partial charge on any atom is -0.493 e. The minimum atomic E-state index is -0.820. The molecule has 1 aliphatic heterocycles. The Morgan fingerprint density at radius 1 is 0.970 bits per heavy atom. The number of methoxy groups -OCH3 is 2. The molecule has 1 atom stereocenters. The first-order valence-corrected chi connectivity index (χ1v) is 10.7. The standard InChI is InChI=1S/C26H26N2O5/c1-31-22-13-12-19(16-23(22)32-2)26(30)28-17-24(33-21-11-7-6-10-20(21)28)25(29)27-15-14-18-8-4-3-5-9-18/h3-13,16,24H,14-15,17H2,1-2H3,(H,27,29). The zero-order valence-corrected chi connectivity index (χ0v) is 18.6. The first-order valence-electron chi connectivity index (χ1n) is 10.7. The van der Waals surface area contributed by atoms with E-state index in [-0.39, 0.29) is 18.4 Å². The van der Waals surface area contributed by atoms with E-state index in [1.54, 1.807) is 42.3 Å². The Hall–Kier alpha value is -4.00. The molecule has 2 amide bonds. The van der Waals surface area contributed by atoms with Gasteiger partial charge in [-0.05, 0) is 42.3 Å². The minimum absolute atomic E-state index is 0.0986. The highest BCUT2D eigenvalue weighted by Gasteiger charge is 2.34. The summed E-state index contributed by atoms with van der Waals surface area (Å²) >= 11 is 0. The lowest BCUT2D eigenvalue weighted by Crippen LogP contribution is -2.51. The molecule has 7 nitrogen and oxygen atoms in total. The maximum absolute atomic E-state index is 13.4. The maximum Gasteiger partial charge on any atom is 0.262 e. The van der Waals surface area contributed by atoms with Gasteiger partial charge in [-0.25, -0.2) is 0 Å². The van der Waals surface area contributed by atoms with Crippen LogP contribution in [0, 0.1) is 0 Å². The zero-order valence-electron chi connectivity index (χ0n) is 18.6. The Bertz CT molecular complexity index is 1130. The van der Waals surface area contributed by atoms with Crippen LogP contribution >= 0.6 is 0 Å².